The Morgan fingerprint density at radius 1 is 1.20 bits per heavy atom. The zero-order chi connectivity index (χ0) is 14.9. The zero-order valence-electron chi connectivity index (χ0n) is 10.7. The highest BCUT2D eigenvalue weighted by atomic mass is 19.4. The predicted molar refractivity (Wildman–Crippen MR) is 65.2 cm³/mol. The van der Waals surface area contributed by atoms with Crippen molar-refractivity contribution < 1.29 is 27.1 Å². The first-order valence-electron chi connectivity index (χ1n) is 5.69. The second-order valence-electron chi connectivity index (χ2n) is 4.15. The number of aryl methyl sites for hydroxylation is 1. The molecule has 0 saturated carbocycles. The van der Waals surface area contributed by atoms with Crippen molar-refractivity contribution in [2.45, 2.75) is 13.1 Å². The molecule has 0 aliphatic carbocycles. The highest BCUT2D eigenvalue weighted by Crippen LogP contribution is 2.32. The second-order valence-corrected chi connectivity index (χ2v) is 4.15. The number of hydrogen-bond donors (Lipinski definition) is 0. The van der Waals surface area contributed by atoms with Crippen molar-refractivity contribution in [1.82, 2.24) is 0 Å². The van der Waals surface area contributed by atoms with Crippen LogP contribution >= 0.6 is 0 Å². The fourth-order valence-corrected chi connectivity index (χ4v) is 1.76. The summed E-state index contributed by atoms with van der Waals surface area (Å²) in [6.07, 6.45) is -4.38. The molecule has 2 rings (SSSR count). The minimum atomic E-state index is -4.38. The number of carbonyl (C=O) groups excluding carboxylic acids is 1. The molecule has 106 valence electrons. The van der Waals surface area contributed by atoms with E-state index in [-0.39, 0.29) is 5.56 Å². The Hall–Kier alpha value is -2.24. The second kappa shape index (κ2) is 5.03. The van der Waals surface area contributed by atoms with E-state index < -0.39 is 17.7 Å². The third-order valence-corrected chi connectivity index (χ3v) is 2.82. The van der Waals surface area contributed by atoms with Gasteiger partial charge in [-0.3, -0.25) is 0 Å². The number of alkyl halides is 3. The van der Waals surface area contributed by atoms with E-state index >= 15 is 0 Å². The maximum atomic E-state index is 12.5. The summed E-state index contributed by atoms with van der Waals surface area (Å²) >= 11 is 0. The quantitative estimate of drug-likeness (QED) is 0.781. The van der Waals surface area contributed by atoms with Crippen LogP contribution in [0.2, 0.25) is 0 Å². The largest absolute Gasteiger partial charge is 0.465 e. The molecular formula is C14H11F3O3. The van der Waals surface area contributed by atoms with Gasteiger partial charge in [0, 0.05) is 5.56 Å². The molecule has 0 fully saturated rings. The van der Waals surface area contributed by atoms with Gasteiger partial charge in [-0.25, -0.2) is 4.79 Å². The van der Waals surface area contributed by atoms with Crippen molar-refractivity contribution in [2.24, 2.45) is 0 Å². The minimum Gasteiger partial charge on any atom is -0.465 e. The first kappa shape index (κ1) is 14.2. The van der Waals surface area contributed by atoms with Gasteiger partial charge in [-0.2, -0.15) is 13.2 Å². The van der Waals surface area contributed by atoms with Gasteiger partial charge >= 0.3 is 12.1 Å². The molecule has 3 nitrogen and oxygen atoms in total. The minimum absolute atomic E-state index is 0.252. The maximum absolute atomic E-state index is 12.5. The van der Waals surface area contributed by atoms with Crippen molar-refractivity contribution >= 4 is 5.97 Å². The first-order chi connectivity index (χ1) is 9.32. The van der Waals surface area contributed by atoms with Crippen LogP contribution in [-0.4, -0.2) is 13.1 Å². The van der Waals surface area contributed by atoms with Crippen molar-refractivity contribution in [3.8, 4) is 11.3 Å². The average molecular weight is 284 g/mol. The van der Waals surface area contributed by atoms with Gasteiger partial charge in [0.05, 0.1) is 12.7 Å². The first-order valence-corrected chi connectivity index (χ1v) is 5.69. The summed E-state index contributed by atoms with van der Waals surface area (Å²) < 4.78 is 47.3. The molecule has 0 unspecified atom stereocenters. The van der Waals surface area contributed by atoms with Crippen molar-refractivity contribution in [2.75, 3.05) is 7.11 Å². The van der Waals surface area contributed by atoms with Crippen LogP contribution in [0.4, 0.5) is 13.2 Å². The molecule has 0 aliphatic heterocycles. The lowest BCUT2D eigenvalue weighted by molar-refractivity contribution is -0.137. The van der Waals surface area contributed by atoms with E-state index in [0.29, 0.717) is 17.1 Å². The normalized spacial score (nSPS) is 11.4. The monoisotopic (exact) mass is 284 g/mol. The molecule has 0 atom stereocenters. The predicted octanol–water partition coefficient (Wildman–Crippen LogP) is 4.06. The summed E-state index contributed by atoms with van der Waals surface area (Å²) in [7, 11) is 1.24. The van der Waals surface area contributed by atoms with Gasteiger partial charge in [-0.05, 0) is 25.1 Å². The van der Waals surface area contributed by atoms with Gasteiger partial charge in [0.15, 0.2) is 0 Å². The number of esters is 1. The van der Waals surface area contributed by atoms with E-state index in [9.17, 15) is 18.0 Å². The van der Waals surface area contributed by atoms with Gasteiger partial charge in [0.1, 0.15) is 17.1 Å². The van der Waals surface area contributed by atoms with Crippen LogP contribution in [0.5, 0.6) is 0 Å². The fourth-order valence-electron chi connectivity index (χ4n) is 1.76. The molecule has 1 aromatic heterocycles. The molecule has 1 heterocycles. The number of carbonyl (C=O) groups is 1. The number of rotatable bonds is 2. The standard InChI is InChI=1S/C14H11F3O3/c1-8-11(13(18)19-2)7-12(20-8)9-3-5-10(6-4-9)14(15,16)17/h3-7H,1-2H3. The Labute approximate surface area is 113 Å². The Balaban J connectivity index is 2.35. The lowest BCUT2D eigenvalue weighted by atomic mass is 10.1. The SMILES string of the molecule is COC(=O)c1cc(-c2ccc(C(F)(F)F)cc2)oc1C. The third kappa shape index (κ3) is 2.68. The van der Waals surface area contributed by atoms with Crippen LogP contribution in [-0.2, 0) is 10.9 Å². The molecule has 0 spiro atoms. The van der Waals surface area contributed by atoms with Crippen LogP contribution in [0.3, 0.4) is 0 Å². The van der Waals surface area contributed by atoms with Gasteiger partial charge in [0.25, 0.3) is 0 Å². The summed E-state index contributed by atoms with van der Waals surface area (Å²) in [6.45, 7) is 1.58. The Kier molecular flexibility index (Phi) is 3.57. The smallest absolute Gasteiger partial charge is 0.416 e. The van der Waals surface area contributed by atoms with Crippen molar-refractivity contribution in [1.29, 1.82) is 0 Å². The number of ether oxygens (including phenoxy) is 1. The lowest BCUT2D eigenvalue weighted by Crippen LogP contribution is -2.03. The number of halogens is 3. The Morgan fingerprint density at radius 3 is 2.30 bits per heavy atom. The van der Waals surface area contributed by atoms with Crippen LogP contribution < -0.4 is 0 Å². The summed E-state index contributed by atoms with van der Waals surface area (Å²) in [5.74, 6) is 0.118. The highest BCUT2D eigenvalue weighted by Gasteiger charge is 2.30. The molecule has 0 N–H and O–H groups in total. The van der Waals surface area contributed by atoms with Crippen LogP contribution in [0.15, 0.2) is 34.7 Å². The number of methoxy groups -OCH3 is 1. The molecule has 1 aromatic carbocycles. The van der Waals surface area contributed by atoms with Crippen molar-refractivity contribution in [3.05, 3.63) is 47.2 Å². The summed E-state index contributed by atoms with van der Waals surface area (Å²) in [5.41, 5.74) is -0.0311. The zero-order valence-corrected chi connectivity index (χ0v) is 10.7. The molecule has 20 heavy (non-hydrogen) atoms. The molecule has 0 aliphatic rings. The van der Waals surface area contributed by atoms with Gasteiger partial charge in [-0.15, -0.1) is 0 Å². The van der Waals surface area contributed by atoms with E-state index in [1.54, 1.807) is 6.92 Å². The van der Waals surface area contributed by atoms with E-state index in [1.807, 2.05) is 0 Å². The van der Waals surface area contributed by atoms with E-state index in [1.165, 1.54) is 25.3 Å². The molecular weight excluding hydrogens is 273 g/mol. The van der Waals surface area contributed by atoms with E-state index in [4.69, 9.17) is 4.42 Å². The summed E-state index contributed by atoms with van der Waals surface area (Å²) in [6, 6.07) is 5.96. The maximum Gasteiger partial charge on any atom is 0.416 e. The number of benzene rings is 1. The lowest BCUT2D eigenvalue weighted by Gasteiger charge is -2.06. The van der Waals surface area contributed by atoms with Crippen LogP contribution in [0.25, 0.3) is 11.3 Å². The van der Waals surface area contributed by atoms with E-state index in [2.05, 4.69) is 4.74 Å². The molecule has 0 bridgehead atoms. The Bertz CT molecular complexity index is 624. The van der Waals surface area contributed by atoms with Gasteiger partial charge in [0.2, 0.25) is 0 Å². The number of hydrogen-bond acceptors (Lipinski definition) is 3. The Morgan fingerprint density at radius 2 is 1.80 bits per heavy atom. The molecule has 0 saturated heterocycles. The fraction of sp³-hybridized carbons (Fsp3) is 0.214. The summed E-state index contributed by atoms with van der Waals surface area (Å²) in [5, 5.41) is 0. The third-order valence-electron chi connectivity index (χ3n) is 2.82. The highest BCUT2D eigenvalue weighted by molar-refractivity contribution is 5.91. The molecule has 6 heteroatoms. The topological polar surface area (TPSA) is 39.4 Å². The molecule has 0 radical (unpaired) electrons. The van der Waals surface area contributed by atoms with Crippen LogP contribution in [0, 0.1) is 6.92 Å². The van der Waals surface area contributed by atoms with Crippen molar-refractivity contribution in [3.63, 3.8) is 0 Å². The van der Waals surface area contributed by atoms with E-state index in [0.717, 1.165) is 12.1 Å². The molecule has 0 amide bonds. The van der Waals surface area contributed by atoms with Crippen LogP contribution in [0.1, 0.15) is 21.7 Å². The van der Waals surface area contributed by atoms with Gasteiger partial charge in [-0.1, -0.05) is 12.1 Å². The molecule has 2 aromatic rings. The average Bonchev–Trinajstić information content (AvgIpc) is 2.79. The number of furan rings is 1. The summed E-state index contributed by atoms with van der Waals surface area (Å²) in [4.78, 5) is 11.4. The van der Waals surface area contributed by atoms with Gasteiger partial charge < -0.3 is 9.15 Å².